The van der Waals surface area contributed by atoms with Crippen LogP contribution in [0, 0.1) is 18.6 Å². The zero-order valence-corrected chi connectivity index (χ0v) is 8.67. The number of anilines is 1. The van der Waals surface area contributed by atoms with E-state index >= 15 is 0 Å². The molecule has 4 heteroatoms. The molecule has 1 heterocycles. The minimum atomic E-state index is -0.628. The molecular formula is C12H10F2N2. The lowest BCUT2D eigenvalue weighted by Crippen LogP contribution is -1.97. The molecule has 1 aromatic carbocycles. The average molecular weight is 220 g/mol. The molecule has 2 N–H and O–H groups in total. The van der Waals surface area contributed by atoms with Gasteiger partial charge in [-0.05, 0) is 31.2 Å². The van der Waals surface area contributed by atoms with E-state index in [1.54, 1.807) is 13.0 Å². The fraction of sp³-hybridized carbons (Fsp3) is 0.0833. The molecule has 0 aliphatic carbocycles. The summed E-state index contributed by atoms with van der Waals surface area (Å²) >= 11 is 0. The van der Waals surface area contributed by atoms with Crippen LogP contribution in [-0.2, 0) is 0 Å². The first kappa shape index (κ1) is 10.5. The van der Waals surface area contributed by atoms with Crippen molar-refractivity contribution in [3.05, 3.63) is 47.7 Å². The van der Waals surface area contributed by atoms with Crippen LogP contribution in [0.25, 0.3) is 11.3 Å². The van der Waals surface area contributed by atoms with Crippen LogP contribution in [0.1, 0.15) is 5.69 Å². The minimum Gasteiger partial charge on any atom is -0.397 e. The Hall–Kier alpha value is -1.97. The Labute approximate surface area is 91.7 Å². The predicted octanol–water partition coefficient (Wildman–Crippen LogP) is 2.92. The molecule has 82 valence electrons. The Morgan fingerprint density at radius 1 is 1.06 bits per heavy atom. The molecule has 0 unspecified atom stereocenters. The molecule has 0 atom stereocenters. The molecule has 0 fully saturated rings. The molecule has 0 aliphatic heterocycles. The van der Waals surface area contributed by atoms with E-state index in [-0.39, 0.29) is 11.3 Å². The van der Waals surface area contributed by atoms with Crippen LogP contribution in [0.3, 0.4) is 0 Å². The minimum absolute atomic E-state index is 0.120. The number of halogens is 2. The summed E-state index contributed by atoms with van der Waals surface area (Å²) in [5.41, 5.74) is 6.78. The molecule has 0 spiro atoms. The third-order valence-electron chi connectivity index (χ3n) is 2.35. The van der Waals surface area contributed by atoms with Crippen LogP contribution >= 0.6 is 0 Å². The monoisotopic (exact) mass is 220 g/mol. The Kier molecular flexibility index (Phi) is 2.56. The summed E-state index contributed by atoms with van der Waals surface area (Å²) in [7, 11) is 0. The van der Waals surface area contributed by atoms with Gasteiger partial charge in [0.15, 0.2) is 0 Å². The highest BCUT2D eigenvalue weighted by molar-refractivity contribution is 5.63. The molecule has 0 saturated heterocycles. The second-order valence-electron chi connectivity index (χ2n) is 3.47. The van der Waals surface area contributed by atoms with Gasteiger partial charge in [-0.15, -0.1) is 0 Å². The SMILES string of the molecule is Cc1nc(-c2c(F)cccc2F)ccc1N. The van der Waals surface area contributed by atoms with E-state index in [9.17, 15) is 8.78 Å². The molecular weight excluding hydrogens is 210 g/mol. The van der Waals surface area contributed by atoms with Gasteiger partial charge < -0.3 is 5.73 Å². The molecule has 0 bridgehead atoms. The molecule has 2 aromatic rings. The van der Waals surface area contributed by atoms with Crippen LogP contribution in [0.2, 0.25) is 0 Å². The van der Waals surface area contributed by atoms with E-state index in [2.05, 4.69) is 4.98 Å². The van der Waals surface area contributed by atoms with Crippen molar-refractivity contribution in [1.82, 2.24) is 4.98 Å². The van der Waals surface area contributed by atoms with Gasteiger partial charge in [-0.3, -0.25) is 4.98 Å². The number of aryl methyl sites for hydroxylation is 1. The fourth-order valence-corrected chi connectivity index (χ4v) is 1.45. The van der Waals surface area contributed by atoms with Crippen LogP contribution in [0.5, 0.6) is 0 Å². The van der Waals surface area contributed by atoms with Gasteiger partial charge in [0, 0.05) is 0 Å². The lowest BCUT2D eigenvalue weighted by atomic mass is 10.1. The lowest BCUT2D eigenvalue weighted by Gasteiger charge is -2.06. The maximum Gasteiger partial charge on any atom is 0.135 e. The first-order valence-electron chi connectivity index (χ1n) is 4.77. The first-order valence-corrected chi connectivity index (χ1v) is 4.77. The highest BCUT2D eigenvalue weighted by Gasteiger charge is 2.12. The van der Waals surface area contributed by atoms with Gasteiger partial charge in [-0.1, -0.05) is 6.07 Å². The van der Waals surface area contributed by atoms with Gasteiger partial charge in [0.2, 0.25) is 0 Å². The second-order valence-corrected chi connectivity index (χ2v) is 3.47. The molecule has 16 heavy (non-hydrogen) atoms. The number of nitrogen functional groups attached to an aromatic ring is 1. The van der Waals surface area contributed by atoms with Gasteiger partial charge >= 0.3 is 0 Å². The lowest BCUT2D eigenvalue weighted by molar-refractivity contribution is 0.588. The maximum absolute atomic E-state index is 13.5. The molecule has 2 rings (SSSR count). The number of aromatic nitrogens is 1. The fourth-order valence-electron chi connectivity index (χ4n) is 1.45. The number of pyridine rings is 1. The van der Waals surface area contributed by atoms with Crippen molar-refractivity contribution in [3.8, 4) is 11.3 Å². The maximum atomic E-state index is 13.5. The highest BCUT2D eigenvalue weighted by Crippen LogP contribution is 2.25. The van der Waals surface area contributed by atoms with Crippen molar-refractivity contribution in [2.24, 2.45) is 0 Å². The van der Waals surface area contributed by atoms with Crippen molar-refractivity contribution in [2.45, 2.75) is 6.92 Å². The third-order valence-corrected chi connectivity index (χ3v) is 2.35. The van der Waals surface area contributed by atoms with Gasteiger partial charge in [0.25, 0.3) is 0 Å². The Bertz CT molecular complexity index is 518. The number of nitrogens with two attached hydrogens (primary N) is 1. The van der Waals surface area contributed by atoms with E-state index in [1.165, 1.54) is 24.3 Å². The van der Waals surface area contributed by atoms with E-state index in [0.29, 0.717) is 11.4 Å². The molecule has 0 saturated carbocycles. The number of hydrogen-bond donors (Lipinski definition) is 1. The number of hydrogen-bond acceptors (Lipinski definition) is 2. The largest absolute Gasteiger partial charge is 0.397 e. The standard InChI is InChI=1S/C12H10F2N2/c1-7-10(15)5-6-11(16-7)12-8(13)3-2-4-9(12)14/h2-6H,15H2,1H3. The quantitative estimate of drug-likeness (QED) is 0.802. The predicted molar refractivity (Wildman–Crippen MR) is 58.7 cm³/mol. The molecule has 0 aliphatic rings. The zero-order chi connectivity index (χ0) is 11.7. The van der Waals surface area contributed by atoms with E-state index in [4.69, 9.17) is 5.73 Å². The summed E-state index contributed by atoms with van der Waals surface area (Å²) in [6.07, 6.45) is 0. The molecule has 0 radical (unpaired) electrons. The van der Waals surface area contributed by atoms with Crippen molar-refractivity contribution in [1.29, 1.82) is 0 Å². The van der Waals surface area contributed by atoms with Gasteiger partial charge in [0.05, 0.1) is 22.6 Å². The Balaban J connectivity index is 2.63. The summed E-state index contributed by atoms with van der Waals surface area (Å²) in [6.45, 7) is 1.69. The average Bonchev–Trinajstić information content (AvgIpc) is 2.23. The van der Waals surface area contributed by atoms with Crippen LogP contribution in [0.4, 0.5) is 14.5 Å². The van der Waals surface area contributed by atoms with Crippen LogP contribution in [0.15, 0.2) is 30.3 Å². The van der Waals surface area contributed by atoms with Crippen molar-refractivity contribution in [2.75, 3.05) is 5.73 Å². The summed E-state index contributed by atoms with van der Waals surface area (Å²) in [6, 6.07) is 6.81. The summed E-state index contributed by atoms with van der Waals surface area (Å²) < 4.78 is 26.9. The third kappa shape index (κ3) is 1.74. The van der Waals surface area contributed by atoms with Crippen molar-refractivity contribution >= 4 is 5.69 Å². The molecule has 0 amide bonds. The van der Waals surface area contributed by atoms with Crippen molar-refractivity contribution < 1.29 is 8.78 Å². The number of nitrogens with zero attached hydrogens (tertiary/aromatic N) is 1. The van der Waals surface area contributed by atoms with Crippen LogP contribution < -0.4 is 5.73 Å². The summed E-state index contributed by atoms with van der Waals surface area (Å²) in [5, 5.41) is 0. The number of rotatable bonds is 1. The Morgan fingerprint density at radius 2 is 1.69 bits per heavy atom. The van der Waals surface area contributed by atoms with Gasteiger partial charge in [-0.2, -0.15) is 0 Å². The Morgan fingerprint density at radius 3 is 2.25 bits per heavy atom. The van der Waals surface area contributed by atoms with Crippen molar-refractivity contribution in [3.63, 3.8) is 0 Å². The smallest absolute Gasteiger partial charge is 0.135 e. The van der Waals surface area contributed by atoms with E-state index in [0.717, 1.165) is 0 Å². The van der Waals surface area contributed by atoms with E-state index < -0.39 is 11.6 Å². The normalized spacial score (nSPS) is 10.4. The first-order chi connectivity index (χ1) is 7.59. The second kappa shape index (κ2) is 3.89. The van der Waals surface area contributed by atoms with Crippen LogP contribution in [-0.4, -0.2) is 4.98 Å². The summed E-state index contributed by atoms with van der Waals surface area (Å²) in [4.78, 5) is 4.06. The number of benzene rings is 1. The molecule has 2 nitrogen and oxygen atoms in total. The topological polar surface area (TPSA) is 38.9 Å². The van der Waals surface area contributed by atoms with E-state index in [1.807, 2.05) is 0 Å². The highest BCUT2D eigenvalue weighted by atomic mass is 19.1. The zero-order valence-electron chi connectivity index (χ0n) is 8.67. The van der Waals surface area contributed by atoms with Gasteiger partial charge in [-0.25, -0.2) is 8.78 Å². The van der Waals surface area contributed by atoms with Gasteiger partial charge in [0.1, 0.15) is 11.6 Å². The molecule has 1 aromatic heterocycles. The summed E-state index contributed by atoms with van der Waals surface area (Å²) in [5.74, 6) is -1.26.